The predicted molar refractivity (Wildman–Crippen MR) is 64.0 cm³/mol. The summed E-state index contributed by atoms with van der Waals surface area (Å²) in [5, 5.41) is 10.3. The Balaban J connectivity index is 2.57. The first-order valence-electron chi connectivity index (χ1n) is 5.94. The van der Waals surface area contributed by atoms with Crippen LogP contribution in [0, 0.1) is 0 Å². The van der Waals surface area contributed by atoms with E-state index in [0.717, 1.165) is 25.7 Å². The Morgan fingerprint density at radius 2 is 2.18 bits per heavy atom. The van der Waals surface area contributed by atoms with Gasteiger partial charge in [0, 0.05) is 13.7 Å². The summed E-state index contributed by atoms with van der Waals surface area (Å²) in [6.07, 6.45) is 3.67. The van der Waals surface area contributed by atoms with E-state index in [9.17, 15) is 9.90 Å². The van der Waals surface area contributed by atoms with Crippen LogP contribution in [0.4, 0.5) is 0 Å². The van der Waals surface area contributed by atoms with Gasteiger partial charge < -0.3 is 9.84 Å². The summed E-state index contributed by atoms with van der Waals surface area (Å²) in [6.45, 7) is 0.726. The van der Waals surface area contributed by atoms with Crippen LogP contribution in [-0.2, 0) is 9.53 Å². The van der Waals surface area contributed by atoms with Crippen molar-refractivity contribution >= 4 is 5.91 Å². The van der Waals surface area contributed by atoms with Crippen LogP contribution in [0.15, 0.2) is 0 Å². The maximum absolute atomic E-state index is 11.6. The van der Waals surface area contributed by atoms with E-state index in [0.29, 0.717) is 6.54 Å². The second-order valence-electron chi connectivity index (χ2n) is 4.83. The van der Waals surface area contributed by atoms with Gasteiger partial charge in [0.1, 0.15) is 6.04 Å². The fourth-order valence-electron chi connectivity index (χ4n) is 2.42. The Bertz CT molecular complexity index is 254. The summed E-state index contributed by atoms with van der Waals surface area (Å²) < 4.78 is 5.01. The minimum absolute atomic E-state index is 0.260. The molecule has 1 rings (SSSR count). The number of aliphatic hydroxyl groups is 1. The molecule has 0 bridgehead atoms. The highest BCUT2D eigenvalue weighted by atomic mass is 16.5. The second-order valence-corrected chi connectivity index (χ2v) is 4.83. The highest BCUT2D eigenvalue weighted by molar-refractivity contribution is 5.81. The van der Waals surface area contributed by atoms with Crippen LogP contribution in [0.25, 0.3) is 0 Å². The molecule has 1 amide bonds. The van der Waals surface area contributed by atoms with Gasteiger partial charge in [0.05, 0.1) is 12.2 Å². The summed E-state index contributed by atoms with van der Waals surface area (Å²) in [5.41, 5.74) is 1.45. The topological polar surface area (TPSA) is 87.8 Å². The van der Waals surface area contributed by atoms with Crippen LogP contribution in [0.1, 0.15) is 25.7 Å². The molecule has 0 aromatic heterocycles. The first-order chi connectivity index (χ1) is 8.02. The Hall–Kier alpha value is -0.690. The number of carbonyl (C=O) groups is 1. The van der Waals surface area contributed by atoms with Crippen molar-refractivity contribution in [2.75, 3.05) is 27.3 Å². The van der Waals surface area contributed by atoms with Gasteiger partial charge in [0.15, 0.2) is 0 Å². The molecule has 1 aliphatic carbocycles. The van der Waals surface area contributed by atoms with Crippen molar-refractivity contribution in [2.24, 2.45) is 5.84 Å². The van der Waals surface area contributed by atoms with Crippen LogP contribution in [0.2, 0.25) is 0 Å². The number of hydrogen-bond donors (Lipinski definition) is 3. The lowest BCUT2D eigenvalue weighted by Gasteiger charge is -2.32. The molecule has 1 fully saturated rings. The molecule has 0 radical (unpaired) electrons. The number of rotatable bonds is 6. The fraction of sp³-hybridized carbons (Fsp3) is 0.909. The largest absolute Gasteiger partial charge is 0.389 e. The number of nitrogens with one attached hydrogen (secondary N) is 1. The third kappa shape index (κ3) is 3.92. The monoisotopic (exact) mass is 245 g/mol. The average Bonchev–Trinajstić information content (AvgIpc) is 2.71. The van der Waals surface area contributed by atoms with Gasteiger partial charge in [-0.3, -0.25) is 15.1 Å². The van der Waals surface area contributed by atoms with Crippen LogP contribution >= 0.6 is 0 Å². The molecule has 0 saturated heterocycles. The van der Waals surface area contributed by atoms with E-state index in [4.69, 9.17) is 10.6 Å². The maximum atomic E-state index is 11.6. The molecular formula is C11H23N3O3. The fourth-order valence-corrected chi connectivity index (χ4v) is 2.42. The van der Waals surface area contributed by atoms with E-state index in [2.05, 4.69) is 5.43 Å². The zero-order valence-electron chi connectivity index (χ0n) is 10.6. The van der Waals surface area contributed by atoms with E-state index in [1.807, 2.05) is 0 Å². The van der Waals surface area contributed by atoms with Crippen LogP contribution in [0.3, 0.4) is 0 Å². The van der Waals surface area contributed by atoms with Gasteiger partial charge in [-0.25, -0.2) is 5.84 Å². The molecule has 4 N–H and O–H groups in total. The zero-order valence-corrected chi connectivity index (χ0v) is 10.6. The number of methoxy groups -OCH3 is 1. The molecule has 0 heterocycles. The molecule has 1 atom stereocenters. The highest BCUT2D eigenvalue weighted by Gasteiger charge is 2.35. The molecule has 0 aliphatic heterocycles. The lowest BCUT2D eigenvalue weighted by atomic mass is 10.0. The van der Waals surface area contributed by atoms with E-state index < -0.39 is 11.6 Å². The third-order valence-corrected chi connectivity index (χ3v) is 3.38. The van der Waals surface area contributed by atoms with Crippen molar-refractivity contribution in [1.82, 2.24) is 10.3 Å². The number of hydrazine groups is 1. The molecule has 17 heavy (non-hydrogen) atoms. The summed E-state index contributed by atoms with van der Waals surface area (Å²) in [6, 6.07) is -0.463. The number of carbonyl (C=O) groups excluding carboxylic acids is 1. The average molecular weight is 245 g/mol. The number of amides is 1. The molecule has 0 aromatic rings. The number of hydrogen-bond acceptors (Lipinski definition) is 5. The third-order valence-electron chi connectivity index (χ3n) is 3.38. The van der Waals surface area contributed by atoms with Crippen molar-refractivity contribution < 1.29 is 14.6 Å². The van der Waals surface area contributed by atoms with E-state index in [1.165, 1.54) is 7.11 Å². The SMILES string of the molecule is COCC(C(=O)NN)N(C)CC1(O)CCCC1. The predicted octanol–water partition coefficient (Wildman–Crippen LogP) is -0.772. The van der Waals surface area contributed by atoms with Gasteiger partial charge in [-0.15, -0.1) is 0 Å². The van der Waals surface area contributed by atoms with Gasteiger partial charge in [0.25, 0.3) is 5.91 Å². The summed E-state index contributed by atoms with van der Waals surface area (Å²) >= 11 is 0. The van der Waals surface area contributed by atoms with Gasteiger partial charge >= 0.3 is 0 Å². The number of ether oxygens (including phenoxy) is 1. The van der Waals surface area contributed by atoms with Crippen molar-refractivity contribution in [3.05, 3.63) is 0 Å². The van der Waals surface area contributed by atoms with E-state index in [1.54, 1.807) is 11.9 Å². The molecule has 0 aromatic carbocycles. The van der Waals surface area contributed by atoms with Gasteiger partial charge in [-0.2, -0.15) is 0 Å². The van der Waals surface area contributed by atoms with Crippen LogP contribution < -0.4 is 11.3 Å². The Morgan fingerprint density at radius 3 is 2.65 bits per heavy atom. The second kappa shape index (κ2) is 6.30. The minimum atomic E-state index is -0.671. The molecule has 6 nitrogen and oxygen atoms in total. The normalized spacial score (nSPS) is 20.5. The first-order valence-corrected chi connectivity index (χ1v) is 5.94. The lowest BCUT2D eigenvalue weighted by molar-refractivity contribution is -0.129. The molecule has 1 unspecified atom stereocenters. The van der Waals surface area contributed by atoms with Crippen molar-refractivity contribution in [2.45, 2.75) is 37.3 Å². The number of likely N-dealkylation sites (N-methyl/N-ethyl adjacent to an activating group) is 1. The molecular weight excluding hydrogens is 222 g/mol. The number of nitrogens with zero attached hydrogens (tertiary/aromatic N) is 1. The zero-order chi connectivity index (χ0) is 12.9. The van der Waals surface area contributed by atoms with Crippen molar-refractivity contribution in [3.8, 4) is 0 Å². The molecule has 0 spiro atoms. The van der Waals surface area contributed by atoms with Gasteiger partial charge in [-0.05, 0) is 19.9 Å². The summed E-state index contributed by atoms with van der Waals surface area (Å²) in [7, 11) is 3.34. The lowest BCUT2D eigenvalue weighted by Crippen LogP contribution is -2.53. The van der Waals surface area contributed by atoms with Crippen molar-refractivity contribution in [1.29, 1.82) is 0 Å². The smallest absolute Gasteiger partial charge is 0.253 e. The summed E-state index contributed by atoms with van der Waals surface area (Å²) in [5.74, 6) is 4.84. The molecule has 1 aliphatic rings. The quantitative estimate of drug-likeness (QED) is 0.325. The Morgan fingerprint density at radius 1 is 1.59 bits per heavy atom. The maximum Gasteiger partial charge on any atom is 0.253 e. The molecule has 100 valence electrons. The standard InChI is InChI=1S/C11H23N3O3/c1-14(8-11(16)5-3-4-6-11)9(7-17-2)10(15)13-12/h9,16H,3-8,12H2,1-2H3,(H,13,15). The Kier molecular flexibility index (Phi) is 5.32. The minimum Gasteiger partial charge on any atom is -0.389 e. The van der Waals surface area contributed by atoms with Gasteiger partial charge in [0.2, 0.25) is 0 Å². The van der Waals surface area contributed by atoms with Crippen molar-refractivity contribution in [3.63, 3.8) is 0 Å². The number of nitrogens with two attached hydrogens (primary N) is 1. The summed E-state index contributed by atoms with van der Waals surface area (Å²) in [4.78, 5) is 13.4. The highest BCUT2D eigenvalue weighted by Crippen LogP contribution is 2.30. The molecule has 6 heteroatoms. The Labute approximate surface area is 102 Å². The van der Waals surface area contributed by atoms with E-state index in [-0.39, 0.29) is 12.5 Å². The van der Waals surface area contributed by atoms with E-state index >= 15 is 0 Å². The molecule has 1 saturated carbocycles. The first kappa shape index (κ1) is 14.4. The van der Waals surface area contributed by atoms with Crippen LogP contribution in [-0.4, -0.2) is 54.9 Å². The van der Waals surface area contributed by atoms with Gasteiger partial charge in [-0.1, -0.05) is 12.8 Å². The van der Waals surface area contributed by atoms with Crippen LogP contribution in [0.5, 0.6) is 0 Å².